The van der Waals surface area contributed by atoms with Crippen LogP contribution in [-0.2, 0) is 46.2 Å². The number of nitrogens with one attached hydrogen (secondary N) is 1. The molecule has 1 aliphatic heterocycles. The number of carbonyl (C=O) groups is 3. The summed E-state index contributed by atoms with van der Waals surface area (Å²) in [5.74, 6) is -0.326. The first-order valence-electron chi connectivity index (χ1n) is 17.9. The number of aromatic nitrogens is 2. The fourth-order valence-electron chi connectivity index (χ4n) is 7.30. The molecule has 51 heavy (non-hydrogen) atoms. The first-order valence-corrected chi connectivity index (χ1v) is 18.3. The lowest BCUT2D eigenvalue weighted by atomic mass is 9.85. The fourth-order valence-corrected chi connectivity index (χ4v) is 7.42. The molecule has 0 saturated carbocycles. The number of hydrogen-bond donors (Lipinski definition) is 1. The number of aryl methyl sites for hydroxylation is 2. The van der Waals surface area contributed by atoms with E-state index >= 15 is 0 Å². The van der Waals surface area contributed by atoms with E-state index < -0.39 is 5.60 Å². The van der Waals surface area contributed by atoms with Crippen molar-refractivity contribution in [2.24, 2.45) is 7.05 Å². The number of halogens is 1. The number of benzene rings is 2. The highest BCUT2D eigenvalue weighted by atomic mass is 35.5. The minimum Gasteiger partial charge on any atom is -0.368 e. The number of likely N-dealkylation sites (N-methyl/N-ethyl adjacent to an activating group) is 2. The summed E-state index contributed by atoms with van der Waals surface area (Å²) in [6, 6.07) is 15.0. The number of ketones is 1. The normalized spacial score (nSPS) is 15.8. The Morgan fingerprint density at radius 2 is 1.63 bits per heavy atom. The molecule has 0 radical (unpaired) electrons. The van der Waals surface area contributed by atoms with Gasteiger partial charge in [-0.25, -0.2) is 0 Å². The van der Waals surface area contributed by atoms with E-state index in [9.17, 15) is 14.4 Å². The van der Waals surface area contributed by atoms with Gasteiger partial charge < -0.3 is 24.0 Å². The zero-order valence-corrected chi connectivity index (χ0v) is 32.2. The summed E-state index contributed by atoms with van der Waals surface area (Å²) < 4.78 is 10.4. The van der Waals surface area contributed by atoms with E-state index in [4.69, 9.17) is 16.3 Å². The van der Waals surface area contributed by atoms with Gasteiger partial charge >= 0.3 is 0 Å². The summed E-state index contributed by atoms with van der Waals surface area (Å²) >= 11 is 6.06. The highest BCUT2D eigenvalue weighted by molar-refractivity contribution is 6.30. The summed E-state index contributed by atoms with van der Waals surface area (Å²) in [4.78, 5) is 48.0. The van der Waals surface area contributed by atoms with Gasteiger partial charge in [-0.3, -0.25) is 24.5 Å². The van der Waals surface area contributed by atoms with Crippen LogP contribution in [0.15, 0.2) is 48.5 Å². The lowest BCUT2D eigenvalue weighted by Gasteiger charge is -2.39. The number of rotatable bonds is 15. The molecule has 0 saturated heterocycles. The molecule has 1 N–H and O–H groups in total. The predicted molar refractivity (Wildman–Crippen MR) is 204 cm³/mol. The smallest absolute Gasteiger partial charge is 0.244 e. The number of amides is 2. The number of nitrogens with zero attached hydrogens (tertiary/aromatic N) is 5. The Bertz CT molecular complexity index is 1880. The van der Waals surface area contributed by atoms with Crippen LogP contribution in [0.25, 0.3) is 10.9 Å². The quantitative estimate of drug-likeness (QED) is 0.162. The lowest BCUT2D eigenvalue weighted by Crippen LogP contribution is -2.46. The van der Waals surface area contributed by atoms with Crippen molar-refractivity contribution in [3.05, 3.63) is 92.9 Å². The number of hydrogen-bond acceptors (Lipinski definition) is 6. The molecular weight excluding hydrogens is 664 g/mol. The second-order valence-electron chi connectivity index (χ2n) is 14.2. The first kappa shape index (κ1) is 38.3. The topological polar surface area (TPSA) is 92.0 Å². The largest absolute Gasteiger partial charge is 0.368 e. The van der Waals surface area contributed by atoms with Crippen molar-refractivity contribution >= 4 is 40.1 Å². The second-order valence-corrected chi connectivity index (χ2v) is 14.7. The molecule has 2 amide bonds. The molecule has 4 aromatic rings. The lowest BCUT2D eigenvalue weighted by molar-refractivity contribution is -0.143. The van der Waals surface area contributed by atoms with Crippen LogP contribution in [0, 0.1) is 6.92 Å². The molecule has 3 heterocycles. The fraction of sp³-hybridized carbons (Fsp3) is 0.475. The maximum atomic E-state index is 14.2. The average molecular weight is 717 g/mol. The highest BCUT2D eigenvalue weighted by Crippen LogP contribution is 2.44. The predicted octanol–water partition coefficient (Wildman–Crippen LogP) is 5.57. The van der Waals surface area contributed by atoms with E-state index in [0.717, 1.165) is 52.8 Å². The number of para-hydroxylation sites is 1. The average Bonchev–Trinajstić information content (AvgIpc) is 3.56. The van der Waals surface area contributed by atoms with Crippen LogP contribution in [0.3, 0.4) is 0 Å². The summed E-state index contributed by atoms with van der Waals surface area (Å²) in [7, 11) is 9.88. The first-order chi connectivity index (χ1) is 24.3. The van der Waals surface area contributed by atoms with Gasteiger partial charge in [-0.15, -0.1) is 0 Å². The molecule has 1 aliphatic rings. The molecule has 0 spiro atoms. The number of carbonyl (C=O) groups excluding carboxylic acids is 3. The van der Waals surface area contributed by atoms with Crippen molar-refractivity contribution in [1.82, 2.24) is 23.9 Å². The van der Waals surface area contributed by atoms with E-state index in [2.05, 4.69) is 47.3 Å². The highest BCUT2D eigenvalue weighted by Gasteiger charge is 2.44. The van der Waals surface area contributed by atoms with Crippen molar-refractivity contribution in [3.63, 3.8) is 0 Å². The third-order valence-corrected chi connectivity index (χ3v) is 10.4. The van der Waals surface area contributed by atoms with E-state index in [1.807, 2.05) is 57.8 Å². The molecule has 0 fully saturated rings. The van der Waals surface area contributed by atoms with Gasteiger partial charge in [0.25, 0.3) is 0 Å². The summed E-state index contributed by atoms with van der Waals surface area (Å²) in [6.07, 6.45) is 2.22. The second kappa shape index (κ2) is 16.2. The van der Waals surface area contributed by atoms with Crippen LogP contribution < -0.4 is 5.43 Å². The third kappa shape index (κ3) is 8.09. The van der Waals surface area contributed by atoms with Gasteiger partial charge in [-0.05, 0) is 101 Å². The minimum absolute atomic E-state index is 0.0319. The Morgan fingerprint density at radius 1 is 0.961 bits per heavy atom. The molecule has 11 heteroatoms. The molecule has 2 aromatic heterocycles. The Morgan fingerprint density at radius 3 is 2.24 bits per heavy atom. The number of fused-ring (bicyclic) bond motifs is 3. The Kier molecular flexibility index (Phi) is 12.1. The molecule has 5 rings (SSSR count). The summed E-state index contributed by atoms with van der Waals surface area (Å²) in [5.41, 5.74) is 8.89. The van der Waals surface area contributed by atoms with Crippen molar-refractivity contribution in [2.75, 3.05) is 66.4 Å². The number of ether oxygens (including phenoxy) is 1. The Balaban J connectivity index is 1.52. The van der Waals surface area contributed by atoms with Crippen LogP contribution in [0.4, 0.5) is 0 Å². The standard InChI is InChI=1S/C40H53ClN6O4/c1-9-28-12-11-13-32-33-18-23-51-40(10-2,26-35(49)46(21-19-43(4)5)22-20-44(6)7)39(33)47(37(28)32)42-34(48)25-31-24-27(3)36(45(31)8)38(50)29-14-16-30(41)17-15-29/h11-17,24H,9-10,18-23,25-26H2,1-8H3,(H,42,48). The molecule has 10 nitrogen and oxygen atoms in total. The minimum atomic E-state index is -0.934. The van der Waals surface area contributed by atoms with E-state index in [0.29, 0.717) is 54.5 Å². The van der Waals surface area contributed by atoms with Crippen LogP contribution in [-0.4, -0.2) is 103 Å². The molecule has 0 bridgehead atoms. The van der Waals surface area contributed by atoms with Crippen LogP contribution in [0.5, 0.6) is 0 Å². The van der Waals surface area contributed by atoms with Crippen LogP contribution in [0.2, 0.25) is 5.02 Å². The van der Waals surface area contributed by atoms with Gasteiger partial charge in [0.1, 0.15) is 5.60 Å². The Labute approximate surface area is 307 Å². The van der Waals surface area contributed by atoms with Gasteiger partial charge in [-0.2, -0.15) is 0 Å². The van der Waals surface area contributed by atoms with E-state index in [-0.39, 0.29) is 30.4 Å². The van der Waals surface area contributed by atoms with Crippen molar-refractivity contribution in [3.8, 4) is 0 Å². The summed E-state index contributed by atoms with van der Waals surface area (Å²) in [5, 5.41) is 1.63. The van der Waals surface area contributed by atoms with Gasteiger partial charge in [-0.1, -0.05) is 43.6 Å². The zero-order valence-electron chi connectivity index (χ0n) is 31.4. The van der Waals surface area contributed by atoms with E-state index in [1.165, 1.54) is 0 Å². The monoisotopic (exact) mass is 716 g/mol. The summed E-state index contributed by atoms with van der Waals surface area (Å²) in [6.45, 7) is 9.29. The molecule has 2 aromatic carbocycles. The third-order valence-electron chi connectivity index (χ3n) is 10.1. The van der Waals surface area contributed by atoms with Gasteiger partial charge in [0.15, 0.2) is 0 Å². The van der Waals surface area contributed by atoms with Gasteiger partial charge in [0, 0.05) is 54.9 Å². The SMILES string of the molecule is CCc1cccc2c3c(n(NC(=O)Cc4cc(C)c(C(=O)c5ccc(Cl)cc5)n4C)c12)C(CC)(CC(=O)N(CCN(C)C)CCN(C)C)OCC3. The maximum Gasteiger partial charge on any atom is 0.244 e. The molecule has 274 valence electrons. The molecule has 1 unspecified atom stereocenters. The van der Waals surface area contributed by atoms with Crippen molar-refractivity contribution < 1.29 is 19.1 Å². The maximum absolute atomic E-state index is 14.2. The van der Waals surface area contributed by atoms with Gasteiger partial charge in [0.2, 0.25) is 17.6 Å². The van der Waals surface area contributed by atoms with Crippen molar-refractivity contribution in [1.29, 1.82) is 0 Å². The zero-order chi connectivity index (χ0) is 37.0. The van der Waals surface area contributed by atoms with Crippen molar-refractivity contribution in [2.45, 2.75) is 58.5 Å². The van der Waals surface area contributed by atoms with Crippen LogP contribution in [0.1, 0.15) is 70.8 Å². The Hall–Kier alpha value is -3.96. The molecule has 1 atom stereocenters. The van der Waals surface area contributed by atoms with Gasteiger partial charge in [0.05, 0.1) is 36.4 Å². The molecule has 0 aliphatic carbocycles. The van der Waals surface area contributed by atoms with E-state index in [1.54, 1.807) is 28.8 Å². The molecular formula is C40H53ClN6O4. The van der Waals surface area contributed by atoms with Crippen LogP contribution >= 0.6 is 11.6 Å².